The third-order valence-electron chi connectivity index (χ3n) is 5.55. The Morgan fingerprint density at radius 2 is 1.94 bits per heavy atom. The Kier molecular flexibility index (Phi) is 6.13. The molecule has 31 heavy (non-hydrogen) atoms. The number of anilines is 1. The lowest BCUT2D eigenvalue weighted by atomic mass is 9.98. The molecule has 1 saturated heterocycles. The SMILES string of the molecule is Cc1cc(C(=O)Nc2cccc(C(=O)N3CCC[C@H](CO)C3)c2)nn1-c1ccccc1. The Labute approximate surface area is 181 Å². The number of carbonyl (C=O) groups is 2. The van der Waals surface area contributed by atoms with Gasteiger partial charge in [0.1, 0.15) is 0 Å². The molecule has 1 aliphatic heterocycles. The maximum absolute atomic E-state index is 12.9. The predicted molar refractivity (Wildman–Crippen MR) is 118 cm³/mol. The number of nitrogens with one attached hydrogen (secondary N) is 1. The van der Waals surface area contributed by atoms with E-state index >= 15 is 0 Å². The van der Waals surface area contributed by atoms with Crippen LogP contribution in [-0.4, -0.2) is 51.3 Å². The summed E-state index contributed by atoms with van der Waals surface area (Å²) in [6.07, 6.45) is 1.82. The van der Waals surface area contributed by atoms with Crippen molar-refractivity contribution in [1.29, 1.82) is 0 Å². The lowest BCUT2D eigenvalue weighted by Gasteiger charge is -2.32. The minimum Gasteiger partial charge on any atom is -0.396 e. The minimum absolute atomic E-state index is 0.0848. The Morgan fingerprint density at radius 3 is 2.71 bits per heavy atom. The van der Waals surface area contributed by atoms with Crippen LogP contribution in [0, 0.1) is 12.8 Å². The molecule has 1 aromatic heterocycles. The van der Waals surface area contributed by atoms with Crippen molar-refractivity contribution in [1.82, 2.24) is 14.7 Å². The summed E-state index contributed by atoms with van der Waals surface area (Å²) in [5.74, 6) is -0.289. The number of benzene rings is 2. The highest BCUT2D eigenvalue weighted by Crippen LogP contribution is 2.20. The van der Waals surface area contributed by atoms with E-state index in [0.29, 0.717) is 30.0 Å². The molecule has 0 radical (unpaired) electrons. The summed E-state index contributed by atoms with van der Waals surface area (Å²) in [4.78, 5) is 27.4. The van der Waals surface area contributed by atoms with Crippen molar-refractivity contribution < 1.29 is 14.7 Å². The largest absolute Gasteiger partial charge is 0.396 e. The minimum atomic E-state index is -0.333. The molecule has 3 aromatic rings. The highest BCUT2D eigenvalue weighted by molar-refractivity contribution is 6.04. The quantitative estimate of drug-likeness (QED) is 0.666. The van der Waals surface area contributed by atoms with E-state index in [4.69, 9.17) is 0 Å². The molecular formula is C24H26N4O3. The van der Waals surface area contributed by atoms with Crippen LogP contribution in [0.25, 0.3) is 5.69 Å². The van der Waals surface area contributed by atoms with Gasteiger partial charge in [0, 0.05) is 36.6 Å². The van der Waals surface area contributed by atoms with Crippen LogP contribution in [0.15, 0.2) is 60.7 Å². The van der Waals surface area contributed by atoms with Crippen LogP contribution in [0.3, 0.4) is 0 Å². The molecule has 0 bridgehead atoms. The molecule has 2 aromatic carbocycles. The van der Waals surface area contributed by atoms with Gasteiger partial charge in [-0.05, 0) is 62.1 Å². The number of aromatic nitrogens is 2. The van der Waals surface area contributed by atoms with Gasteiger partial charge in [-0.2, -0.15) is 5.10 Å². The molecule has 0 unspecified atom stereocenters. The lowest BCUT2D eigenvalue weighted by molar-refractivity contribution is 0.0620. The topological polar surface area (TPSA) is 87.5 Å². The Balaban J connectivity index is 1.48. The molecule has 2 amide bonds. The number of para-hydroxylation sites is 1. The van der Waals surface area contributed by atoms with Crippen molar-refractivity contribution in [2.75, 3.05) is 25.0 Å². The fraction of sp³-hybridized carbons (Fsp3) is 0.292. The van der Waals surface area contributed by atoms with Gasteiger partial charge < -0.3 is 15.3 Å². The van der Waals surface area contributed by atoms with Crippen molar-refractivity contribution in [3.63, 3.8) is 0 Å². The standard InChI is InChI=1S/C24H26N4O3/c1-17-13-22(26-28(17)21-10-3-2-4-11-21)23(30)25-20-9-5-8-19(14-20)24(31)27-12-6-7-18(15-27)16-29/h2-5,8-11,13-14,18,29H,6-7,12,15-16H2,1H3,(H,25,30)/t18-/m0/s1. The number of rotatable bonds is 5. The van der Waals surface area contributed by atoms with E-state index in [9.17, 15) is 14.7 Å². The van der Waals surface area contributed by atoms with Gasteiger partial charge in [-0.1, -0.05) is 24.3 Å². The summed E-state index contributed by atoms with van der Waals surface area (Å²) in [5, 5.41) is 16.7. The Bertz CT molecular complexity index is 1080. The molecule has 1 fully saturated rings. The van der Waals surface area contributed by atoms with Gasteiger partial charge in [0.15, 0.2) is 5.69 Å². The second kappa shape index (κ2) is 9.14. The fourth-order valence-electron chi connectivity index (χ4n) is 3.92. The van der Waals surface area contributed by atoms with E-state index in [1.54, 1.807) is 39.9 Å². The molecular weight excluding hydrogens is 392 g/mol. The van der Waals surface area contributed by atoms with Gasteiger partial charge >= 0.3 is 0 Å². The first kappa shape index (κ1) is 20.8. The van der Waals surface area contributed by atoms with Crippen molar-refractivity contribution in [3.05, 3.63) is 77.6 Å². The zero-order chi connectivity index (χ0) is 21.8. The third kappa shape index (κ3) is 4.67. The summed E-state index contributed by atoms with van der Waals surface area (Å²) in [6, 6.07) is 18.3. The number of hydrogen-bond donors (Lipinski definition) is 2. The van der Waals surface area contributed by atoms with E-state index in [0.717, 1.165) is 24.2 Å². The number of piperidine rings is 1. The summed E-state index contributed by atoms with van der Waals surface area (Å²) in [6.45, 7) is 3.23. The smallest absolute Gasteiger partial charge is 0.276 e. The predicted octanol–water partition coefficient (Wildman–Crippen LogP) is 3.28. The summed E-state index contributed by atoms with van der Waals surface area (Å²) in [5.41, 5.74) is 3.10. The van der Waals surface area contributed by atoms with Crippen LogP contribution in [0.4, 0.5) is 5.69 Å². The van der Waals surface area contributed by atoms with Crippen molar-refractivity contribution in [3.8, 4) is 5.69 Å². The van der Waals surface area contributed by atoms with Crippen molar-refractivity contribution >= 4 is 17.5 Å². The molecule has 0 aliphatic carbocycles. The molecule has 0 spiro atoms. The molecule has 1 aliphatic rings. The number of amides is 2. The molecule has 0 saturated carbocycles. The van der Waals surface area contributed by atoms with Crippen LogP contribution in [-0.2, 0) is 0 Å². The van der Waals surface area contributed by atoms with Crippen LogP contribution >= 0.6 is 0 Å². The molecule has 7 heteroatoms. The van der Waals surface area contributed by atoms with Gasteiger partial charge in [0.05, 0.1) is 5.69 Å². The van der Waals surface area contributed by atoms with Gasteiger partial charge in [-0.3, -0.25) is 9.59 Å². The van der Waals surface area contributed by atoms with Crippen LogP contribution in [0.5, 0.6) is 0 Å². The molecule has 1 atom stereocenters. The molecule has 2 heterocycles. The Morgan fingerprint density at radius 1 is 1.13 bits per heavy atom. The average Bonchev–Trinajstić information content (AvgIpc) is 3.21. The number of aryl methyl sites for hydroxylation is 1. The first-order valence-electron chi connectivity index (χ1n) is 10.5. The van der Waals surface area contributed by atoms with E-state index < -0.39 is 0 Å². The second-order valence-electron chi connectivity index (χ2n) is 7.90. The van der Waals surface area contributed by atoms with E-state index in [2.05, 4.69) is 10.4 Å². The molecule has 7 nitrogen and oxygen atoms in total. The Hall–Kier alpha value is -3.45. The molecule has 4 rings (SSSR count). The van der Waals surface area contributed by atoms with Crippen molar-refractivity contribution in [2.24, 2.45) is 5.92 Å². The van der Waals surface area contributed by atoms with Crippen LogP contribution in [0.1, 0.15) is 39.4 Å². The average molecular weight is 418 g/mol. The number of hydrogen-bond acceptors (Lipinski definition) is 4. The number of likely N-dealkylation sites (tertiary alicyclic amines) is 1. The number of aliphatic hydroxyl groups excluding tert-OH is 1. The lowest BCUT2D eigenvalue weighted by Crippen LogP contribution is -2.40. The number of aliphatic hydroxyl groups is 1. The third-order valence-corrected chi connectivity index (χ3v) is 5.55. The first-order valence-corrected chi connectivity index (χ1v) is 10.5. The second-order valence-corrected chi connectivity index (χ2v) is 7.90. The highest BCUT2D eigenvalue weighted by Gasteiger charge is 2.24. The maximum Gasteiger partial charge on any atom is 0.276 e. The normalized spacial score (nSPS) is 16.2. The monoisotopic (exact) mass is 418 g/mol. The first-order chi connectivity index (χ1) is 15.0. The number of carbonyl (C=O) groups excluding carboxylic acids is 2. The van der Waals surface area contributed by atoms with E-state index in [-0.39, 0.29) is 24.3 Å². The summed E-state index contributed by atoms with van der Waals surface area (Å²) < 4.78 is 1.72. The summed E-state index contributed by atoms with van der Waals surface area (Å²) >= 11 is 0. The van der Waals surface area contributed by atoms with Crippen LogP contribution < -0.4 is 5.32 Å². The number of nitrogens with zero attached hydrogens (tertiary/aromatic N) is 3. The van der Waals surface area contributed by atoms with E-state index in [1.165, 1.54) is 0 Å². The molecule has 160 valence electrons. The highest BCUT2D eigenvalue weighted by atomic mass is 16.3. The van der Waals surface area contributed by atoms with Crippen LogP contribution in [0.2, 0.25) is 0 Å². The summed E-state index contributed by atoms with van der Waals surface area (Å²) in [7, 11) is 0. The van der Waals surface area contributed by atoms with Gasteiger partial charge in [-0.15, -0.1) is 0 Å². The zero-order valence-corrected chi connectivity index (χ0v) is 17.5. The van der Waals surface area contributed by atoms with Gasteiger partial charge in [0.2, 0.25) is 0 Å². The van der Waals surface area contributed by atoms with Gasteiger partial charge in [0.25, 0.3) is 11.8 Å². The zero-order valence-electron chi connectivity index (χ0n) is 17.5. The molecule has 2 N–H and O–H groups in total. The van der Waals surface area contributed by atoms with E-state index in [1.807, 2.05) is 37.3 Å². The fourth-order valence-corrected chi connectivity index (χ4v) is 3.92. The van der Waals surface area contributed by atoms with Crippen molar-refractivity contribution in [2.45, 2.75) is 19.8 Å². The van der Waals surface area contributed by atoms with Gasteiger partial charge in [-0.25, -0.2) is 4.68 Å². The maximum atomic E-state index is 12.9.